The fourth-order valence-corrected chi connectivity index (χ4v) is 6.38. The molecule has 0 radical (unpaired) electrons. The molecule has 7 heteroatoms. The van der Waals surface area contributed by atoms with Crippen LogP contribution in [0.25, 0.3) is 31.2 Å². The Morgan fingerprint density at radius 3 is 2.59 bits per heavy atom. The first-order chi connectivity index (χ1) is 16.7. The van der Waals surface area contributed by atoms with E-state index in [1.54, 1.807) is 16.7 Å². The number of hydrogen-bond acceptors (Lipinski definition) is 4. The number of halogens is 1. The van der Waals surface area contributed by atoms with Gasteiger partial charge >= 0.3 is 0 Å². The van der Waals surface area contributed by atoms with Crippen LogP contribution < -0.4 is 5.56 Å². The van der Waals surface area contributed by atoms with E-state index >= 15 is 0 Å². The van der Waals surface area contributed by atoms with Crippen molar-refractivity contribution in [1.29, 1.82) is 0 Å². The second kappa shape index (κ2) is 8.74. The molecule has 0 unspecified atom stereocenters. The molecule has 0 atom stereocenters. The molecule has 3 heterocycles. The van der Waals surface area contributed by atoms with Crippen molar-refractivity contribution in [2.45, 2.75) is 23.9 Å². The van der Waals surface area contributed by atoms with Crippen LogP contribution in [0.1, 0.15) is 11.1 Å². The molecule has 0 amide bonds. The van der Waals surface area contributed by atoms with Crippen molar-refractivity contribution < 1.29 is 4.39 Å². The number of para-hydroxylation sites is 1. The molecule has 0 aliphatic carbocycles. The molecular weight excluding hydrogens is 465 g/mol. The van der Waals surface area contributed by atoms with Crippen molar-refractivity contribution >= 4 is 54.3 Å². The van der Waals surface area contributed by atoms with E-state index in [9.17, 15) is 9.18 Å². The van der Waals surface area contributed by atoms with E-state index in [1.165, 1.54) is 29.2 Å². The maximum absolute atomic E-state index is 14.3. The summed E-state index contributed by atoms with van der Waals surface area (Å²) in [7, 11) is 0. The maximum atomic E-state index is 14.3. The lowest BCUT2D eigenvalue weighted by molar-refractivity contribution is 0.597. The molecular formula is C27H20FN3OS2. The van der Waals surface area contributed by atoms with Crippen molar-refractivity contribution in [3.63, 3.8) is 0 Å². The minimum Gasteiger partial charge on any atom is -0.361 e. The number of aryl methyl sites for hydroxylation is 1. The van der Waals surface area contributed by atoms with Gasteiger partial charge in [-0.25, -0.2) is 9.37 Å². The van der Waals surface area contributed by atoms with Gasteiger partial charge in [0.15, 0.2) is 5.16 Å². The lowest BCUT2D eigenvalue weighted by atomic mass is 10.1. The lowest BCUT2D eigenvalue weighted by Gasteiger charge is -2.12. The minimum absolute atomic E-state index is 0.0397. The van der Waals surface area contributed by atoms with Gasteiger partial charge in [-0.3, -0.25) is 9.36 Å². The van der Waals surface area contributed by atoms with E-state index in [-0.39, 0.29) is 11.4 Å². The van der Waals surface area contributed by atoms with Crippen LogP contribution in [0, 0.1) is 5.82 Å². The Kier molecular flexibility index (Phi) is 5.43. The Morgan fingerprint density at radius 2 is 1.71 bits per heavy atom. The highest BCUT2D eigenvalue weighted by atomic mass is 32.2. The first-order valence-electron chi connectivity index (χ1n) is 11.0. The average Bonchev–Trinajstić information content (AvgIpc) is 3.45. The SMILES string of the molecule is O=c1c2sc3ccccc3c2nc(SCc2ccccc2F)n1CCc1c[nH]c2ccccc12. The van der Waals surface area contributed by atoms with Crippen molar-refractivity contribution in [3.05, 3.63) is 106 Å². The van der Waals surface area contributed by atoms with Crippen LogP contribution in [0.4, 0.5) is 4.39 Å². The normalized spacial score (nSPS) is 11.7. The number of H-pyrrole nitrogens is 1. The number of rotatable bonds is 6. The fraction of sp³-hybridized carbons (Fsp3) is 0.111. The van der Waals surface area contributed by atoms with Crippen LogP contribution in [-0.2, 0) is 18.7 Å². The highest BCUT2D eigenvalue weighted by molar-refractivity contribution is 7.98. The molecule has 0 saturated heterocycles. The molecule has 1 N–H and O–H groups in total. The smallest absolute Gasteiger partial charge is 0.272 e. The summed E-state index contributed by atoms with van der Waals surface area (Å²) in [6.07, 6.45) is 2.70. The van der Waals surface area contributed by atoms with Gasteiger partial charge in [-0.05, 0) is 35.7 Å². The molecule has 6 rings (SSSR count). The van der Waals surface area contributed by atoms with Crippen molar-refractivity contribution in [1.82, 2.24) is 14.5 Å². The topological polar surface area (TPSA) is 50.7 Å². The summed E-state index contributed by atoms with van der Waals surface area (Å²) < 4.78 is 17.7. The number of thiophene rings is 1. The Hall–Kier alpha value is -3.42. The largest absolute Gasteiger partial charge is 0.361 e. The van der Waals surface area contributed by atoms with E-state index in [0.29, 0.717) is 34.1 Å². The van der Waals surface area contributed by atoms with Gasteiger partial charge in [-0.15, -0.1) is 11.3 Å². The Bertz CT molecular complexity index is 1720. The number of benzene rings is 3. The number of aromatic amines is 1. The Morgan fingerprint density at radius 1 is 0.941 bits per heavy atom. The highest BCUT2D eigenvalue weighted by Gasteiger charge is 2.17. The predicted molar refractivity (Wildman–Crippen MR) is 139 cm³/mol. The van der Waals surface area contributed by atoms with Gasteiger partial charge in [0.1, 0.15) is 10.5 Å². The first kappa shape index (κ1) is 21.1. The molecule has 3 aromatic heterocycles. The molecule has 0 spiro atoms. The van der Waals surface area contributed by atoms with Crippen LogP contribution in [0.2, 0.25) is 0 Å². The van der Waals surface area contributed by atoms with Gasteiger partial charge in [0, 0.05) is 39.5 Å². The van der Waals surface area contributed by atoms with Crippen LogP contribution in [0.3, 0.4) is 0 Å². The maximum Gasteiger partial charge on any atom is 0.272 e. The highest BCUT2D eigenvalue weighted by Crippen LogP contribution is 2.32. The summed E-state index contributed by atoms with van der Waals surface area (Å²) in [4.78, 5) is 21.9. The number of nitrogens with one attached hydrogen (secondary N) is 1. The molecule has 4 nitrogen and oxygen atoms in total. The van der Waals surface area contributed by atoms with Gasteiger partial charge in [-0.2, -0.15) is 0 Å². The van der Waals surface area contributed by atoms with E-state index in [4.69, 9.17) is 4.98 Å². The van der Waals surface area contributed by atoms with Crippen LogP contribution >= 0.6 is 23.1 Å². The molecule has 0 fully saturated rings. The fourth-order valence-electron chi connectivity index (χ4n) is 4.29. The monoisotopic (exact) mass is 485 g/mol. The van der Waals surface area contributed by atoms with E-state index in [1.807, 2.05) is 54.7 Å². The lowest BCUT2D eigenvalue weighted by Crippen LogP contribution is -2.23. The molecule has 3 aromatic carbocycles. The number of aromatic nitrogens is 3. The van der Waals surface area contributed by atoms with Crippen molar-refractivity contribution in [2.24, 2.45) is 0 Å². The zero-order valence-corrected chi connectivity index (χ0v) is 19.8. The Labute approximate surface area is 203 Å². The molecule has 0 saturated carbocycles. The molecule has 6 aromatic rings. The third-order valence-electron chi connectivity index (χ3n) is 6.04. The van der Waals surface area contributed by atoms with E-state index < -0.39 is 0 Å². The quantitative estimate of drug-likeness (QED) is 0.209. The average molecular weight is 486 g/mol. The minimum atomic E-state index is -0.246. The summed E-state index contributed by atoms with van der Waals surface area (Å²) in [5.41, 5.74) is 3.52. The molecule has 168 valence electrons. The van der Waals surface area contributed by atoms with Gasteiger partial charge in [-0.1, -0.05) is 66.4 Å². The van der Waals surface area contributed by atoms with Crippen molar-refractivity contribution in [2.75, 3.05) is 0 Å². The van der Waals surface area contributed by atoms with Crippen LogP contribution in [0.15, 0.2) is 88.9 Å². The summed E-state index contributed by atoms with van der Waals surface area (Å²) >= 11 is 2.89. The summed E-state index contributed by atoms with van der Waals surface area (Å²) in [6.45, 7) is 0.497. The molecule has 0 aliphatic heterocycles. The number of thioether (sulfide) groups is 1. The van der Waals surface area contributed by atoms with Gasteiger partial charge in [0.2, 0.25) is 0 Å². The molecule has 0 aliphatic rings. The van der Waals surface area contributed by atoms with Crippen molar-refractivity contribution in [3.8, 4) is 0 Å². The van der Waals surface area contributed by atoms with E-state index in [0.717, 1.165) is 32.1 Å². The Balaban J connectivity index is 1.43. The standard InChI is InChI=1S/C27H20FN3OS2/c28-21-10-4-1-7-18(21)16-33-27-30-24-20-9-3-6-12-23(20)34-25(24)26(32)31(27)14-13-17-15-29-22-11-5-2-8-19(17)22/h1-12,15,29H,13-14,16H2. The second-order valence-corrected chi connectivity index (χ2v) is 10.1. The first-order valence-corrected chi connectivity index (χ1v) is 12.8. The third-order valence-corrected chi connectivity index (χ3v) is 8.21. The van der Waals surface area contributed by atoms with Gasteiger partial charge < -0.3 is 4.98 Å². The molecule has 0 bridgehead atoms. The third kappa shape index (κ3) is 3.71. The molecule has 34 heavy (non-hydrogen) atoms. The van der Waals surface area contributed by atoms with Gasteiger partial charge in [0.25, 0.3) is 5.56 Å². The number of fused-ring (bicyclic) bond motifs is 4. The van der Waals surface area contributed by atoms with Crippen LogP contribution in [-0.4, -0.2) is 14.5 Å². The second-order valence-electron chi connectivity index (χ2n) is 8.12. The summed E-state index contributed by atoms with van der Waals surface area (Å²) in [5, 5.41) is 2.76. The van der Waals surface area contributed by atoms with E-state index in [2.05, 4.69) is 11.1 Å². The summed E-state index contributed by atoms with van der Waals surface area (Å²) in [5.74, 6) is 0.157. The predicted octanol–water partition coefficient (Wildman–Crippen LogP) is 6.77. The number of hydrogen-bond donors (Lipinski definition) is 1. The van der Waals surface area contributed by atoms with Crippen LogP contribution in [0.5, 0.6) is 0 Å². The summed E-state index contributed by atoms with van der Waals surface area (Å²) in [6, 6.07) is 22.9. The zero-order valence-electron chi connectivity index (χ0n) is 18.1. The number of nitrogens with zero attached hydrogens (tertiary/aromatic N) is 2. The van der Waals surface area contributed by atoms with Gasteiger partial charge in [0.05, 0.1) is 5.52 Å². The zero-order chi connectivity index (χ0) is 23.1.